The Bertz CT molecular complexity index is 790. The normalized spacial score (nSPS) is 10.2. The number of nitrogens with zero attached hydrogens (tertiary/aromatic N) is 3. The van der Waals surface area contributed by atoms with Crippen LogP contribution >= 0.6 is 11.6 Å². The zero-order valence-electron chi connectivity index (χ0n) is 11.2. The lowest BCUT2D eigenvalue weighted by Crippen LogP contribution is -2.19. The van der Waals surface area contributed by atoms with Crippen LogP contribution in [0.1, 0.15) is 0 Å². The predicted molar refractivity (Wildman–Crippen MR) is 83.7 cm³/mol. The molecule has 3 N–H and O–H groups in total. The molecule has 0 aliphatic heterocycles. The van der Waals surface area contributed by atoms with Crippen molar-refractivity contribution in [3.8, 4) is 11.4 Å². The molecule has 3 rings (SSSR count). The zero-order valence-corrected chi connectivity index (χ0v) is 12.0. The number of tetrazole rings is 1. The van der Waals surface area contributed by atoms with Crippen LogP contribution in [0.2, 0.25) is 5.02 Å². The molecule has 2 amide bonds. The topological polar surface area (TPSA) is 95.6 Å². The van der Waals surface area contributed by atoms with Crippen LogP contribution in [0, 0.1) is 0 Å². The molecule has 0 atom stereocenters. The number of H-pyrrole nitrogens is 1. The van der Waals surface area contributed by atoms with Crippen molar-refractivity contribution in [2.75, 3.05) is 10.6 Å². The number of carbonyl (C=O) groups excluding carboxylic acids is 1. The molecule has 0 saturated carbocycles. The summed E-state index contributed by atoms with van der Waals surface area (Å²) in [5.41, 5.74) is 1.87. The van der Waals surface area contributed by atoms with Gasteiger partial charge in [-0.1, -0.05) is 29.8 Å². The number of aromatic amines is 1. The Hall–Kier alpha value is -2.93. The van der Waals surface area contributed by atoms with Crippen LogP contribution in [0.15, 0.2) is 48.5 Å². The number of amides is 2. The highest BCUT2D eigenvalue weighted by Crippen LogP contribution is 2.24. The van der Waals surface area contributed by atoms with Crippen molar-refractivity contribution in [3.63, 3.8) is 0 Å². The summed E-state index contributed by atoms with van der Waals surface area (Å²) in [5.74, 6) is 0.471. The monoisotopic (exact) mass is 314 g/mol. The van der Waals surface area contributed by atoms with E-state index in [9.17, 15) is 4.79 Å². The molecule has 0 bridgehead atoms. The lowest BCUT2D eigenvalue weighted by atomic mass is 10.1. The summed E-state index contributed by atoms with van der Waals surface area (Å²) < 4.78 is 0. The number of hydrogen-bond acceptors (Lipinski definition) is 4. The zero-order chi connectivity index (χ0) is 15.4. The average molecular weight is 315 g/mol. The molecule has 0 unspecified atom stereocenters. The number of urea groups is 1. The van der Waals surface area contributed by atoms with Crippen LogP contribution in [0.5, 0.6) is 0 Å². The van der Waals surface area contributed by atoms with Crippen molar-refractivity contribution >= 4 is 29.0 Å². The maximum absolute atomic E-state index is 12.1. The first-order valence-electron chi connectivity index (χ1n) is 6.39. The third-order valence-corrected chi connectivity index (χ3v) is 3.09. The number of benzene rings is 2. The Kier molecular flexibility index (Phi) is 3.97. The Morgan fingerprint density at radius 1 is 1.09 bits per heavy atom. The molecule has 0 aliphatic rings. The number of carbonyl (C=O) groups is 1. The molecule has 0 aliphatic carbocycles. The SMILES string of the molecule is O=C(Nc1cccc(Cl)c1)Nc1ccccc1-c1nnn[nH]1. The van der Waals surface area contributed by atoms with Gasteiger partial charge in [0.25, 0.3) is 0 Å². The van der Waals surface area contributed by atoms with Gasteiger partial charge in [0.05, 0.1) is 5.69 Å². The van der Waals surface area contributed by atoms with Gasteiger partial charge >= 0.3 is 6.03 Å². The highest BCUT2D eigenvalue weighted by atomic mass is 35.5. The van der Waals surface area contributed by atoms with Crippen LogP contribution in [0.4, 0.5) is 16.2 Å². The second-order valence-electron chi connectivity index (χ2n) is 4.38. The largest absolute Gasteiger partial charge is 0.323 e. The highest BCUT2D eigenvalue weighted by molar-refractivity contribution is 6.30. The second-order valence-corrected chi connectivity index (χ2v) is 4.82. The number of halogens is 1. The summed E-state index contributed by atoms with van der Waals surface area (Å²) in [4.78, 5) is 12.1. The average Bonchev–Trinajstić information content (AvgIpc) is 3.02. The second kappa shape index (κ2) is 6.23. The Morgan fingerprint density at radius 3 is 2.73 bits per heavy atom. The van der Waals surface area contributed by atoms with E-state index in [1.807, 2.05) is 12.1 Å². The van der Waals surface area contributed by atoms with Crippen molar-refractivity contribution in [2.24, 2.45) is 0 Å². The first-order chi connectivity index (χ1) is 10.7. The van der Waals surface area contributed by atoms with E-state index in [2.05, 4.69) is 31.3 Å². The molecular weight excluding hydrogens is 304 g/mol. The maximum Gasteiger partial charge on any atom is 0.323 e. The molecule has 0 fully saturated rings. The first kappa shape index (κ1) is 14.0. The summed E-state index contributed by atoms with van der Waals surface area (Å²) in [7, 11) is 0. The Morgan fingerprint density at radius 2 is 1.95 bits per heavy atom. The molecule has 0 spiro atoms. The summed E-state index contributed by atoms with van der Waals surface area (Å²) in [6.45, 7) is 0. The molecule has 2 aromatic carbocycles. The maximum atomic E-state index is 12.1. The fourth-order valence-electron chi connectivity index (χ4n) is 1.92. The van der Waals surface area contributed by atoms with Gasteiger partial charge in [-0.25, -0.2) is 9.89 Å². The van der Waals surface area contributed by atoms with Gasteiger partial charge in [-0.15, -0.1) is 5.10 Å². The third kappa shape index (κ3) is 3.21. The van der Waals surface area contributed by atoms with Gasteiger partial charge in [-0.2, -0.15) is 0 Å². The van der Waals surface area contributed by atoms with E-state index in [0.29, 0.717) is 27.8 Å². The fourth-order valence-corrected chi connectivity index (χ4v) is 2.11. The van der Waals surface area contributed by atoms with Crippen molar-refractivity contribution in [2.45, 2.75) is 0 Å². The minimum Gasteiger partial charge on any atom is -0.308 e. The van der Waals surface area contributed by atoms with E-state index in [1.54, 1.807) is 36.4 Å². The van der Waals surface area contributed by atoms with Crippen LogP contribution in [-0.4, -0.2) is 26.7 Å². The predicted octanol–water partition coefficient (Wildman–Crippen LogP) is 3.16. The molecule has 110 valence electrons. The highest BCUT2D eigenvalue weighted by Gasteiger charge is 2.10. The fraction of sp³-hybridized carbons (Fsp3) is 0. The van der Waals surface area contributed by atoms with E-state index >= 15 is 0 Å². The van der Waals surface area contributed by atoms with E-state index in [4.69, 9.17) is 11.6 Å². The van der Waals surface area contributed by atoms with Gasteiger partial charge in [0.1, 0.15) is 0 Å². The van der Waals surface area contributed by atoms with E-state index < -0.39 is 0 Å². The summed E-state index contributed by atoms with van der Waals surface area (Å²) in [6.07, 6.45) is 0. The van der Waals surface area contributed by atoms with E-state index in [-0.39, 0.29) is 6.03 Å². The Labute approximate surface area is 130 Å². The van der Waals surface area contributed by atoms with Gasteiger partial charge < -0.3 is 10.6 Å². The number of hydrogen-bond donors (Lipinski definition) is 3. The van der Waals surface area contributed by atoms with Crippen molar-refractivity contribution < 1.29 is 4.79 Å². The van der Waals surface area contributed by atoms with Gasteiger partial charge in [-0.05, 0) is 40.8 Å². The standard InChI is InChI=1S/C14H11ClN6O/c15-9-4-3-5-10(8-9)16-14(22)17-12-7-2-1-6-11(12)13-18-20-21-19-13/h1-8H,(H2,16,17,22)(H,18,19,20,21). The number of aromatic nitrogens is 4. The number of rotatable bonds is 3. The molecule has 22 heavy (non-hydrogen) atoms. The third-order valence-electron chi connectivity index (χ3n) is 2.86. The van der Waals surface area contributed by atoms with Gasteiger partial charge in [-0.3, -0.25) is 0 Å². The number of nitrogens with one attached hydrogen (secondary N) is 3. The summed E-state index contributed by atoms with van der Waals surface area (Å²) in [5, 5.41) is 19.6. The van der Waals surface area contributed by atoms with Crippen LogP contribution < -0.4 is 10.6 Å². The van der Waals surface area contributed by atoms with Crippen LogP contribution in [-0.2, 0) is 0 Å². The molecule has 1 heterocycles. The van der Waals surface area contributed by atoms with Crippen LogP contribution in [0.3, 0.4) is 0 Å². The molecule has 8 heteroatoms. The molecular formula is C14H11ClN6O. The van der Waals surface area contributed by atoms with Crippen LogP contribution in [0.25, 0.3) is 11.4 Å². The van der Waals surface area contributed by atoms with Crippen molar-refractivity contribution in [3.05, 3.63) is 53.6 Å². The smallest absolute Gasteiger partial charge is 0.308 e. The summed E-state index contributed by atoms with van der Waals surface area (Å²) in [6, 6.07) is 13.7. The van der Waals surface area contributed by atoms with Crippen molar-refractivity contribution in [1.82, 2.24) is 20.6 Å². The lowest BCUT2D eigenvalue weighted by Gasteiger charge is -2.10. The minimum absolute atomic E-state index is 0.387. The quantitative estimate of drug-likeness (QED) is 0.692. The van der Waals surface area contributed by atoms with Gasteiger partial charge in [0.2, 0.25) is 0 Å². The molecule has 0 radical (unpaired) electrons. The van der Waals surface area contributed by atoms with E-state index in [1.165, 1.54) is 0 Å². The van der Waals surface area contributed by atoms with Gasteiger partial charge in [0, 0.05) is 16.3 Å². The van der Waals surface area contributed by atoms with Crippen molar-refractivity contribution in [1.29, 1.82) is 0 Å². The van der Waals surface area contributed by atoms with E-state index in [0.717, 1.165) is 0 Å². The number of para-hydroxylation sites is 1. The number of anilines is 2. The minimum atomic E-state index is -0.387. The molecule has 1 aromatic heterocycles. The van der Waals surface area contributed by atoms with Gasteiger partial charge in [0.15, 0.2) is 5.82 Å². The summed E-state index contributed by atoms with van der Waals surface area (Å²) >= 11 is 5.88. The lowest BCUT2D eigenvalue weighted by molar-refractivity contribution is 0.262. The Balaban J connectivity index is 1.77. The molecule has 0 saturated heterocycles. The molecule has 7 nitrogen and oxygen atoms in total. The first-order valence-corrected chi connectivity index (χ1v) is 6.77. The molecule has 3 aromatic rings.